The number of methoxy groups -OCH3 is 1. The second-order valence-electron chi connectivity index (χ2n) is 9.08. The Labute approximate surface area is 214 Å². The number of para-hydroxylation sites is 1. The number of benzene rings is 3. The highest BCUT2D eigenvalue weighted by Crippen LogP contribution is 2.17. The van der Waals surface area contributed by atoms with Crippen molar-refractivity contribution >= 4 is 17.4 Å². The second-order valence-corrected chi connectivity index (χ2v) is 9.08. The molecule has 1 aliphatic rings. The number of hydrogen-bond donors (Lipinski definition) is 2. The molecular weight excluding hydrogens is 452 g/mol. The molecule has 1 aliphatic heterocycles. The van der Waals surface area contributed by atoms with Crippen molar-refractivity contribution in [2.24, 2.45) is 0 Å². The predicted molar refractivity (Wildman–Crippen MR) is 145 cm³/mol. The van der Waals surface area contributed by atoms with Gasteiger partial charge in [-0.05, 0) is 54.4 Å². The maximum absolute atomic E-state index is 12.5. The van der Waals surface area contributed by atoms with Crippen LogP contribution in [-0.4, -0.2) is 56.8 Å². The van der Waals surface area contributed by atoms with Gasteiger partial charge in [-0.1, -0.05) is 42.5 Å². The van der Waals surface area contributed by atoms with Crippen LogP contribution in [0.3, 0.4) is 0 Å². The molecule has 0 radical (unpaired) electrons. The van der Waals surface area contributed by atoms with Crippen molar-refractivity contribution in [2.75, 3.05) is 50.1 Å². The lowest BCUT2D eigenvalue weighted by Gasteiger charge is -2.39. The first-order valence-corrected chi connectivity index (χ1v) is 12.5. The average Bonchev–Trinajstić information content (AvgIpc) is 2.93. The summed E-state index contributed by atoms with van der Waals surface area (Å²) in [7, 11) is 1.65. The van der Waals surface area contributed by atoms with E-state index in [9.17, 15) is 4.79 Å². The molecule has 1 unspecified atom stereocenters. The van der Waals surface area contributed by atoms with E-state index < -0.39 is 0 Å². The number of carbonyl (C=O) groups is 1. The molecule has 1 heterocycles. The molecule has 7 heteroatoms. The lowest BCUT2D eigenvalue weighted by molar-refractivity contribution is 0.107. The van der Waals surface area contributed by atoms with Crippen LogP contribution in [0.5, 0.6) is 5.75 Å². The van der Waals surface area contributed by atoms with Crippen LogP contribution in [0, 0.1) is 0 Å². The molecule has 0 saturated carbocycles. The van der Waals surface area contributed by atoms with Crippen LogP contribution in [0.2, 0.25) is 0 Å². The molecule has 2 amide bonds. The van der Waals surface area contributed by atoms with Gasteiger partial charge in [-0.25, -0.2) is 4.79 Å². The summed E-state index contributed by atoms with van der Waals surface area (Å²) in [6.45, 7) is 7.70. The van der Waals surface area contributed by atoms with Crippen LogP contribution in [0.4, 0.5) is 16.2 Å². The van der Waals surface area contributed by atoms with Crippen molar-refractivity contribution in [2.45, 2.75) is 26.2 Å². The highest BCUT2D eigenvalue weighted by molar-refractivity contribution is 5.89. The zero-order chi connectivity index (χ0) is 25.2. The third-order valence-electron chi connectivity index (χ3n) is 6.50. The van der Waals surface area contributed by atoms with Gasteiger partial charge in [0.15, 0.2) is 0 Å². The Balaban J connectivity index is 1.16. The maximum atomic E-state index is 12.5. The van der Waals surface area contributed by atoms with Crippen molar-refractivity contribution in [1.82, 2.24) is 10.2 Å². The van der Waals surface area contributed by atoms with Gasteiger partial charge >= 0.3 is 6.03 Å². The third kappa shape index (κ3) is 7.47. The first-order valence-electron chi connectivity index (χ1n) is 12.5. The normalized spacial score (nSPS) is 14.8. The Morgan fingerprint density at radius 1 is 0.889 bits per heavy atom. The minimum atomic E-state index is -0.193. The van der Waals surface area contributed by atoms with Crippen molar-refractivity contribution in [3.8, 4) is 5.75 Å². The number of rotatable bonds is 10. The second kappa shape index (κ2) is 13.0. The van der Waals surface area contributed by atoms with Crippen molar-refractivity contribution in [3.05, 3.63) is 90.0 Å². The highest BCUT2D eigenvalue weighted by Gasteiger charge is 2.21. The fraction of sp³-hybridized carbons (Fsp3) is 0.345. The van der Waals surface area contributed by atoms with Gasteiger partial charge in [0, 0.05) is 50.1 Å². The van der Waals surface area contributed by atoms with Gasteiger partial charge in [-0.15, -0.1) is 0 Å². The molecule has 1 saturated heterocycles. The van der Waals surface area contributed by atoms with Crippen molar-refractivity contribution in [1.29, 1.82) is 0 Å². The number of ether oxygens (including phenoxy) is 2. The minimum absolute atomic E-state index is 0.193. The zero-order valence-electron chi connectivity index (χ0n) is 21.2. The molecule has 1 atom stereocenters. The summed E-state index contributed by atoms with van der Waals surface area (Å²) in [4.78, 5) is 17.4. The molecule has 0 aliphatic carbocycles. The van der Waals surface area contributed by atoms with Crippen molar-refractivity contribution < 1.29 is 14.3 Å². The molecule has 0 bridgehead atoms. The molecule has 2 N–H and O–H groups in total. The third-order valence-corrected chi connectivity index (χ3v) is 6.50. The van der Waals surface area contributed by atoms with E-state index in [0.717, 1.165) is 48.7 Å². The quantitative estimate of drug-likeness (QED) is 0.431. The van der Waals surface area contributed by atoms with Crippen LogP contribution in [-0.2, 0) is 18.0 Å². The number of nitrogens with zero attached hydrogens (tertiary/aromatic N) is 2. The molecule has 0 spiro atoms. The maximum Gasteiger partial charge on any atom is 0.319 e. The molecule has 3 aromatic carbocycles. The summed E-state index contributed by atoms with van der Waals surface area (Å²) >= 11 is 0. The monoisotopic (exact) mass is 488 g/mol. The molecule has 190 valence electrons. The Kier molecular flexibility index (Phi) is 9.19. The van der Waals surface area contributed by atoms with E-state index in [1.807, 2.05) is 54.6 Å². The summed E-state index contributed by atoms with van der Waals surface area (Å²) in [6.07, 6.45) is 0. The summed E-state index contributed by atoms with van der Waals surface area (Å²) in [6, 6.07) is 26.2. The summed E-state index contributed by atoms with van der Waals surface area (Å²) < 4.78 is 11.0. The number of amides is 2. The smallest absolute Gasteiger partial charge is 0.319 e. The standard InChI is InChI=1S/C29H36N4O3/c1-23(32-15-17-33(18-16-32)27-9-4-3-5-10-27)20-30-29(34)31-26-8-6-7-25(19-26)22-36-21-24-11-13-28(35-2)14-12-24/h3-14,19,23H,15-18,20-22H2,1-2H3,(H2,30,31,34). The minimum Gasteiger partial charge on any atom is -0.497 e. The van der Waals surface area contributed by atoms with E-state index in [1.165, 1.54) is 5.69 Å². The van der Waals surface area contributed by atoms with Crippen LogP contribution in [0.15, 0.2) is 78.9 Å². The molecule has 0 aromatic heterocycles. The number of anilines is 2. The van der Waals surface area contributed by atoms with E-state index in [4.69, 9.17) is 9.47 Å². The molecule has 1 fully saturated rings. The summed E-state index contributed by atoms with van der Waals surface area (Å²) in [5, 5.41) is 5.96. The van der Waals surface area contributed by atoms with Crippen molar-refractivity contribution in [3.63, 3.8) is 0 Å². The van der Waals surface area contributed by atoms with Gasteiger partial charge < -0.3 is 25.0 Å². The Morgan fingerprint density at radius 3 is 2.33 bits per heavy atom. The number of piperazine rings is 1. The lowest BCUT2D eigenvalue weighted by Crippen LogP contribution is -2.52. The lowest BCUT2D eigenvalue weighted by atomic mass is 10.2. The van der Waals surface area contributed by atoms with E-state index in [2.05, 4.69) is 51.6 Å². The SMILES string of the molecule is COc1ccc(COCc2cccc(NC(=O)NCC(C)N3CCN(c4ccccc4)CC3)c2)cc1. The molecule has 36 heavy (non-hydrogen) atoms. The summed E-state index contributed by atoms with van der Waals surface area (Å²) in [5.41, 5.74) is 4.11. The Hall–Kier alpha value is -3.55. The topological polar surface area (TPSA) is 66.1 Å². The first kappa shape index (κ1) is 25.5. The summed E-state index contributed by atoms with van der Waals surface area (Å²) in [5.74, 6) is 0.829. The van der Waals surface area contributed by atoms with E-state index in [0.29, 0.717) is 19.8 Å². The van der Waals surface area contributed by atoms with Crippen LogP contribution >= 0.6 is 0 Å². The van der Waals surface area contributed by atoms with E-state index >= 15 is 0 Å². The number of nitrogens with one attached hydrogen (secondary N) is 2. The highest BCUT2D eigenvalue weighted by atomic mass is 16.5. The van der Waals surface area contributed by atoms with Crippen LogP contribution in [0.1, 0.15) is 18.1 Å². The van der Waals surface area contributed by atoms with Gasteiger partial charge in [0.05, 0.1) is 20.3 Å². The van der Waals surface area contributed by atoms with Crippen LogP contribution < -0.4 is 20.3 Å². The van der Waals surface area contributed by atoms with Gasteiger partial charge in [0.25, 0.3) is 0 Å². The average molecular weight is 489 g/mol. The van der Waals surface area contributed by atoms with Gasteiger partial charge in [0.1, 0.15) is 5.75 Å². The molecular formula is C29H36N4O3. The first-order chi connectivity index (χ1) is 17.6. The zero-order valence-corrected chi connectivity index (χ0v) is 21.2. The van der Waals surface area contributed by atoms with E-state index in [-0.39, 0.29) is 12.1 Å². The number of hydrogen-bond acceptors (Lipinski definition) is 5. The Morgan fingerprint density at radius 2 is 1.61 bits per heavy atom. The fourth-order valence-corrected chi connectivity index (χ4v) is 4.35. The van der Waals surface area contributed by atoms with E-state index in [1.54, 1.807) is 7.11 Å². The molecule has 4 rings (SSSR count). The van der Waals surface area contributed by atoms with Gasteiger partial charge in [-0.3, -0.25) is 4.90 Å². The van der Waals surface area contributed by atoms with Crippen LogP contribution in [0.25, 0.3) is 0 Å². The Bertz CT molecular complexity index is 1080. The van der Waals surface area contributed by atoms with Gasteiger partial charge in [-0.2, -0.15) is 0 Å². The number of carbonyl (C=O) groups excluding carboxylic acids is 1. The molecule has 3 aromatic rings. The fourth-order valence-electron chi connectivity index (χ4n) is 4.35. The molecule has 7 nitrogen and oxygen atoms in total. The predicted octanol–water partition coefficient (Wildman–Crippen LogP) is 4.74. The number of urea groups is 1. The largest absolute Gasteiger partial charge is 0.497 e. The van der Waals surface area contributed by atoms with Gasteiger partial charge in [0.2, 0.25) is 0 Å².